The molecular weight excluding hydrogens is 285 g/mol. The monoisotopic (exact) mass is 305 g/mol. The molecule has 5 heteroatoms. The number of nitrogens with zero attached hydrogens (tertiary/aromatic N) is 2. The van der Waals surface area contributed by atoms with E-state index in [-0.39, 0.29) is 5.82 Å². The Morgan fingerprint density at radius 3 is 2.76 bits per heavy atom. The van der Waals surface area contributed by atoms with Crippen molar-refractivity contribution in [2.75, 3.05) is 11.9 Å². The van der Waals surface area contributed by atoms with Crippen LogP contribution in [0.2, 0.25) is 0 Å². The molecule has 0 saturated heterocycles. The van der Waals surface area contributed by atoms with Gasteiger partial charge in [-0.05, 0) is 38.5 Å². The van der Waals surface area contributed by atoms with E-state index in [0.29, 0.717) is 5.75 Å². The summed E-state index contributed by atoms with van der Waals surface area (Å²) in [5.74, 6) is 2.09. The van der Waals surface area contributed by atoms with Crippen LogP contribution >= 0.6 is 11.8 Å². The molecule has 1 aromatic heterocycles. The number of hydrogen-bond acceptors (Lipinski definition) is 4. The van der Waals surface area contributed by atoms with Crippen molar-refractivity contribution in [2.45, 2.75) is 37.8 Å². The van der Waals surface area contributed by atoms with Gasteiger partial charge in [-0.3, -0.25) is 0 Å². The molecule has 0 unspecified atom stereocenters. The molecule has 112 valence electrons. The van der Waals surface area contributed by atoms with E-state index in [9.17, 15) is 4.39 Å². The number of benzene rings is 1. The summed E-state index contributed by atoms with van der Waals surface area (Å²) in [6, 6.07) is 6.59. The van der Waals surface area contributed by atoms with Crippen LogP contribution in [0.4, 0.5) is 10.2 Å². The zero-order chi connectivity index (χ0) is 15.2. The highest BCUT2D eigenvalue weighted by atomic mass is 32.2. The van der Waals surface area contributed by atoms with Crippen molar-refractivity contribution in [3.8, 4) is 0 Å². The van der Waals surface area contributed by atoms with Crippen molar-refractivity contribution in [3.63, 3.8) is 0 Å². The van der Waals surface area contributed by atoms with Gasteiger partial charge in [0, 0.05) is 22.7 Å². The average molecular weight is 305 g/mol. The van der Waals surface area contributed by atoms with E-state index in [1.165, 1.54) is 12.1 Å². The summed E-state index contributed by atoms with van der Waals surface area (Å²) in [5.41, 5.74) is 2.07. The van der Waals surface area contributed by atoms with Gasteiger partial charge in [-0.15, -0.1) is 11.8 Å². The molecule has 0 aliphatic carbocycles. The Labute approximate surface area is 129 Å². The SMILES string of the molecule is CCCNc1nc(CSc2cccc(F)c2)nc(C)c1C. The zero-order valence-electron chi connectivity index (χ0n) is 12.6. The van der Waals surface area contributed by atoms with Crippen LogP contribution in [0.3, 0.4) is 0 Å². The Kier molecular flexibility index (Phi) is 5.56. The van der Waals surface area contributed by atoms with E-state index in [4.69, 9.17) is 0 Å². The predicted octanol–water partition coefficient (Wildman–Crippen LogP) is 4.35. The maximum atomic E-state index is 13.2. The normalized spacial score (nSPS) is 10.7. The summed E-state index contributed by atoms with van der Waals surface area (Å²) in [7, 11) is 0. The maximum absolute atomic E-state index is 13.2. The van der Waals surface area contributed by atoms with Crippen LogP contribution in [0.1, 0.15) is 30.4 Å². The number of aryl methyl sites for hydroxylation is 1. The Balaban J connectivity index is 2.11. The summed E-state index contributed by atoms with van der Waals surface area (Å²) >= 11 is 1.54. The second-order valence-electron chi connectivity index (χ2n) is 4.87. The highest BCUT2D eigenvalue weighted by Gasteiger charge is 2.08. The minimum atomic E-state index is -0.216. The topological polar surface area (TPSA) is 37.8 Å². The molecule has 0 spiro atoms. The Morgan fingerprint density at radius 1 is 1.24 bits per heavy atom. The molecule has 1 aromatic carbocycles. The molecule has 2 rings (SSSR count). The number of anilines is 1. The molecule has 0 aliphatic heterocycles. The molecule has 0 bridgehead atoms. The zero-order valence-corrected chi connectivity index (χ0v) is 13.4. The minimum Gasteiger partial charge on any atom is -0.370 e. The van der Waals surface area contributed by atoms with Gasteiger partial charge in [-0.1, -0.05) is 13.0 Å². The van der Waals surface area contributed by atoms with Gasteiger partial charge < -0.3 is 5.32 Å². The standard InChI is InChI=1S/C16H20FN3S/c1-4-8-18-16-11(2)12(3)19-15(20-16)10-21-14-7-5-6-13(17)9-14/h5-7,9H,4,8,10H2,1-3H3,(H,18,19,20). The summed E-state index contributed by atoms with van der Waals surface area (Å²) in [6.07, 6.45) is 1.05. The van der Waals surface area contributed by atoms with Crippen LogP contribution < -0.4 is 5.32 Å². The molecule has 0 atom stereocenters. The first-order valence-corrected chi connectivity index (χ1v) is 8.05. The molecule has 0 saturated carbocycles. The lowest BCUT2D eigenvalue weighted by atomic mass is 10.2. The third-order valence-electron chi connectivity index (χ3n) is 3.14. The molecule has 1 heterocycles. The van der Waals surface area contributed by atoms with Crippen LogP contribution in [0, 0.1) is 19.7 Å². The van der Waals surface area contributed by atoms with E-state index in [1.54, 1.807) is 17.8 Å². The first-order chi connectivity index (χ1) is 10.1. The lowest BCUT2D eigenvalue weighted by molar-refractivity contribution is 0.624. The molecule has 0 fully saturated rings. The van der Waals surface area contributed by atoms with Crippen LogP contribution in [-0.4, -0.2) is 16.5 Å². The molecule has 0 radical (unpaired) electrons. The summed E-state index contributed by atoms with van der Waals surface area (Å²) in [6.45, 7) is 7.03. The third-order valence-corrected chi connectivity index (χ3v) is 4.13. The van der Waals surface area contributed by atoms with E-state index >= 15 is 0 Å². The largest absolute Gasteiger partial charge is 0.370 e. The van der Waals surface area contributed by atoms with E-state index in [1.807, 2.05) is 19.9 Å². The smallest absolute Gasteiger partial charge is 0.141 e. The number of thioether (sulfide) groups is 1. The van der Waals surface area contributed by atoms with Crippen LogP contribution in [0.25, 0.3) is 0 Å². The van der Waals surface area contributed by atoms with Gasteiger partial charge in [-0.2, -0.15) is 0 Å². The Morgan fingerprint density at radius 2 is 2.05 bits per heavy atom. The maximum Gasteiger partial charge on any atom is 0.141 e. The van der Waals surface area contributed by atoms with E-state index in [0.717, 1.165) is 40.8 Å². The molecule has 1 N–H and O–H groups in total. The van der Waals surface area contributed by atoms with Gasteiger partial charge in [0.05, 0.1) is 5.75 Å². The predicted molar refractivity (Wildman–Crippen MR) is 86.2 cm³/mol. The summed E-state index contributed by atoms with van der Waals surface area (Å²) in [4.78, 5) is 9.97. The number of hydrogen-bond donors (Lipinski definition) is 1. The highest BCUT2D eigenvalue weighted by molar-refractivity contribution is 7.98. The number of rotatable bonds is 6. The van der Waals surface area contributed by atoms with Crippen molar-refractivity contribution in [3.05, 3.63) is 47.2 Å². The van der Waals surface area contributed by atoms with Gasteiger partial charge in [0.15, 0.2) is 0 Å². The number of nitrogens with one attached hydrogen (secondary N) is 1. The average Bonchev–Trinajstić information content (AvgIpc) is 2.47. The molecular formula is C16H20FN3S. The molecule has 3 nitrogen and oxygen atoms in total. The van der Waals surface area contributed by atoms with Crippen molar-refractivity contribution >= 4 is 17.6 Å². The van der Waals surface area contributed by atoms with Crippen LogP contribution in [0.5, 0.6) is 0 Å². The van der Waals surface area contributed by atoms with Crippen molar-refractivity contribution in [1.82, 2.24) is 9.97 Å². The van der Waals surface area contributed by atoms with Crippen LogP contribution in [0.15, 0.2) is 29.2 Å². The molecule has 21 heavy (non-hydrogen) atoms. The van der Waals surface area contributed by atoms with E-state index < -0.39 is 0 Å². The number of aromatic nitrogens is 2. The lowest BCUT2D eigenvalue weighted by Gasteiger charge is -2.11. The summed E-state index contributed by atoms with van der Waals surface area (Å²) in [5, 5.41) is 3.33. The highest BCUT2D eigenvalue weighted by Crippen LogP contribution is 2.23. The van der Waals surface area contributed by atoms with Gasteiger partial charge in [-0.25, -0.2) is 14.4 Å². The van der Waals surface area contributed by atoms with Crippen molar-refractivity contribution in [2.24, 2.45) is 0 Å². The second-order valence-corrected chi connectivity index (χ2v) is 5.92. The quantitative estimate of drug-likeness (QED) is 0.805. The molecule has 0 aliphatic rings. The first-order valence-electron chi connectivity index (χ1n) is 7.06. The number of halogens is 1. The Bertz CT molecular complexity index is 616. The fraction of sp³-hybridized carbons (Fsp3) is 0.375. The van der Waals surface area contributed by atoms with Crippen molar-refractivity contribution < 1.29 is 4.39 Å². The lowest BCUT2D eigenvalue weighted by Crippen LogP contribution is -2.08. The fourth-order valence-electron chi connectivity index (χ4n) is 1.87. The molecule has 0 amide bonds. The molecule has 2 aromatic rings. The van der Waals surface area contributed by atoms with Gasteiger partial charge in [0.25, 0.3) is 0 Å². The van der Waals surface area contributed by atoms with Gasteiger partial charge >= 0.3 is 0 Å². The van der Waals surface area contributed by atoms with Crippen molar-refractivity contribution in [1.29, 1.82) is 0 Å². The summed E-state index contributed by atoms with van der Waals surface area (Å²) < 4.78 is 13.2. The van der Waals surface area contributed by atoms with Crippen LogP contribution in [-0.2, 0) is 5.75 Å². The first kappa shape index (κ1) is 15.8. The third kappa shape index (κ3) is 4.43. The second kappa shape index (κ2) is 7.41. The fourth-order valence-corrected chi connectivity index (χ4v) is 2.67. The van der Waals surface area contributed by atoms with E-state index in [2.05, 4.69) is 22.2 Å². The van der Waals surface area contributed by atoms with Gasteiger partial charge in [0.2, 0.25) is 0 Å². The van der Waals surface area contributed by atoms with Gasteiger partial charge in [0.1, 0.15) is 17.5 Å². The Hall–Kier alpha value is -1.62. The minimum absolute atomic E-state index is 0.216.